The first-order valence-electron chi connectivity index (χ1n) is 9.51. The van der Waals surface area contributed by atoms with Gasteiger partial charge in [0.2, 0.25) is 0 Å². The highest BCUT2D eigenvalue weighted by molar-refractivity contribution is 7.14. The zero-order chi connectivity index (χ0) is 19.6. The minimum Gasteiger partial charge on any atom is -0.399 e. The van der Waals surface area contributed by atoms with Crippen LogP contribution in [0.25, 0.3) is 26.8 Å². The van der Waals surface area contributed by atoms with Gasteiger partial charge in [-0.05, 0) is 76.8 Å². The van der Waals surface area contributed by atoms with E-state index in [0.717, 1.165) is 12.1 Å². The van der Waals surface area contributed by atoms with E-state index in [1.165, 1.54) is 38.0 Å². The SMILES string of the molecule is Nc1ccc(Cc2ccc(-n3c(-c4cccs4)ccc3-c3cccs3)cc2)cc1. The lowest BCUT2D eigenvalue weighted by molar-refractivity contribution is 1.09. The third-order valence-corrected chi connectivity index (χ3v) is 6.80. The number of thiophene rings is 2. The van der Waals surface area contributed by atoms with Gasteiger partial charge in [-0.2, -0.15) is 0 Å². The van der Waals surface area contributed by atoms with Crippen molar-refractivity contribution < 1.29 is 0 Å². The lowest BCUT2D eigenvalue weighted by Crippen LogP contribution is -1.98. The van der Waals surface area contributed by atoms with Crippen molar-refractivity contribution in [2.75, 3.05) is 5.73 Å². The molecule has 29 heavy (non-hydrogen) atoms. The highest BCUT2D eigenvalue weighted by atomic mass is 32.1. The minimum atomic E-state index is 0.805. The third-order valence-electron chi connectivity index (χ3n) is 5.01. The molecule has 0 bridgehead atoms. The summed E-state index contributed by atoms with van der Waals surface area (Å²) in [6.45, 7) is 0. The van der Waals surface area contributed by atoms with Crippen LogP contribution in [0, 0.1) is 0 Å². The maximum atomic E-state index is 5.80. The molecule has 3 aromatic heterocycles. The smallest absolute Gasteiger partial charge is 0.0635 e. The summed E-state index contributed by atoms with van der Waals surface area (Å²) in [6.07, 6.45) is 0.905. The summed E-state index contributed by atoms with van der Waals surface area (Å²) >= 11 is 3.55. The summed E-state index contributed by atoms with van der Waals surface area (Å²) < 4.78 is 2.37. The normalized spacial score (nSPS) is 11.0. The second-order valence-electron chi connectivity index (χ2n) is 6.98. The van der Waals surface area contributed by atoms with Crippen LogP contribution >= 0.6 is 22.7 Å². The second-order valence-corrected chi connectivity index (χ2v) is 8.87. The molecule has 0 fully saturated rings. The zero-order valence-corrected chi connectivity index (χ0v) is 17.4. The van der Waals surface area contributed by atoms with Crippen molar-refractivity contribution in [2.24, 2.45) is 0 Å². The first kappa shape index (κ1) is 18.0. The number of hydrogen-bond donors (Lipinski definition) is 1. The van der Waals surface area contributed by atoms with Gasteiger partial charge < -0.3 is 10.3 Å². The fourth-order valence-electron chi connectivity index (χ4n) is 3.58. The maximum Gasteiger partial charge on any atom is 0.0635 e. The monoisotopic (exact) mass is 412 g/mol. The number of nitrogens with two attached hydrogens (primary N) is 1. The number of anilines is 1. The van der Waals surface area contributed by atoms with Crippen LogP contribution in [0.4, 0.5) is 5.69 Å². The molecule has 0 aliphatic rings. The first-order chi connectivity index (χ1) is 14.3. The standard InChI is InChI=1S/C25H20N2S2/c26-20-9-5-18(6-10-20)17-19-7-11-21(12-8-19)27-22(24-3-1-15-28-24)13-14-23(27)25-4-2-16-29-25/h1-16H,17,26H2. The van der Waals surface area contributed by atoms with Crippen molar-refractivity contribution in [3.63, 3.8) is 0 Å². The highest BCUT2D eigenvalue weighted by Crippen LogP contribution is 2.36. The van der Waals surface area contributed by atoms with E-state index in [1.54, 1.807) is 22.7 Å². The Bertz CT molecular complexity index is 1150. The third kappa shape index (κ3) is 3.65. The molecule has 0 saturated carbocycles. The molecule has 0 saturated heterocycles. The summed E-state index contributed by atoms with van der Waals surface area (Å²) in [7, 11) is 0. The molecule has 0 spiro atoms. The molecule has 0 atom stereocenters. The number of aromatic nitrogens is 1. The van der Waals surface area contributed by atoms with Crippen LogP contribution in [0.15, 0.2) is 95.7 Å². The van der Waals surface area contributed by atoms with E-state index >= 15 is 0 Å². The minimum absolute atomic E-state index is 0.805. The summed E-state index contributed by atoms with van der Waals surface area (Å²) in [6, 6.07) is 30.1. The van der Waals surface area contributed by atoms with E-state index < -0.39 is 0 Å². The molecule has 2 aromatic carbocycles. The van der Waals surface area contributed by atoms with Gasteiger partial charge in [0, 0.05) is 11.4 Å². The van der Waals surface area contributed by atoms with E-state index in [1.807, 2.05) is 12.1 Å². The molecular formula is C25H20N2S2. The van der Waals surface area contributed by atoms with E-state index in [4.69, 9.17) is 5.73 Å². The molecule has 4 heteroatoms. The van der Waals surface area contributed by atoms with Crippen molar-refractivity contribution >= 4 is 28.4 Å². The molecule has 3 heterocycles. The predicted molar refractivity (Wildman–Crippen MR) is 126 cm³/mol. The largest absolute Gasteiger partial charge is 0.399 e. The van der Waals surface area contributed by atoms with Gasteiger partial charge in [0.05, 0.1) is 21.1 Å². The Morgan fingerprint density at radius 3 is 1.62 bits per heavy atom. The van der Waals surface area contributed by atoms with Crippen molar-refractivity contribution in [1.82, 2.24) is 4.57 Å². The summed E-state index contributed by atoms with van der Waals surface area (Å²) in [5.74, 6) is 0. The Kier molecular flexibility index (Phi) is 4.80. The maximum absolute atomic E-state index is 5.80. The lowest BCUT2D eigenvalue weighted by Gasteiger charge is -2.13. The molecule has 2 N–H and O–H groups in total. The van der Waals surface area contributed by atoms with Gasteiger partial charge in [0.1, 0.15) is 0 Å². The van der Waals surface area contributed by atoms with Crippen LogP contribution in [0.2, 0.25) is 0 Å². The van der Waals surface area contributed by atoms with Gasteiger partial charge in [0.25, 0.3) is 0 Å². The molecular weight excluding hydrogens is 392 g/mol. The Hall–Kier alpha value is -3.08. The number of nitrogen functional groups attached to an aromatic ring is 1. The molecule has 0 unspecified atom stereocenters. The van der Waals surface area contributed by atoms with Crippen LogP contribution in [0.3, 0.4) is 0 Å². The van der Waals surface area contributed by atoms with Crippen LogP contribution < -0.4 is 5.73 Å². The van der Waals surface area contributed by atoms with Gasteiger partial charge in [-0.1, -0.05) is 36.4 Å². The Labute approximate surface area is 178 Å². The fraction of sp³-hybridized carbons (Fsp3) is 0.0400. The van der Waals surface area contributed by atoms with Gasteiger partial charge >= 0.3 is 0 Å². The summed E-state index contributed by atoms with van der Waals surface area (Å²) in [4.78, 5) is 2.55. The zero-order valence-electron chi connectivity index (χ0n) is 15.8. The average molecular weight is 413 g/mol. The predicted octanol–water partition coefficient (Wildman–Crippen LogP) is 7.11. The Morgan fingerprint density at radius 2 is 1.14 bits per heavy atom. The summed E-state index contributed by atoms with van der Waals surface area (Å²) in [5, 5.41) is 4.26. The number of hydrogen-bond acceptors (Lipinski definition) is 3. The van der Waals surface area contributed by atoms with E-state index in [9.17, 15) is 0 Å². The van der Waals surface area contributed by atoms with E-state index in [-0.39, 0.29) is 0 Å². The molecule has 142 valence electrons. The van der Waals surface area contributed by atoms with Gasteiger partial charge in [-0.3, -0.25) is 0 Å². The van der Waals surface area contributed by atoms with Gasteiger partial charge in [-0.15, -0.1) is 22.7 Å². The quantitative estimate of drug-likeness (QED) is 0.306. The number of nitrogens with zero attached hydrogens (tertiary/aromatic N) is 1. The summed E-state index contributed by atoms with van der Waals surface area (Å²) in [5.41, 5.74) is 12.8. The van der Waals surface area contributed by atoms with Crippen LogP contribution in [0.1, 0.15) is 11.1 Å². The first-order valence-corrected chi connectivity index (χ1v) is 11.3. The lowest BCUT2D eigenvalue weighted by atomic mass is 10.0. The number of benzene rings is 2. The molecule has 0 aliphatic heterocycles. The van der Waals surface area contributed by atoms with E-state index in [2.05, 4.69) is 88.1 Å². The highest BCUT2D eigenvalue weighted by Gasteiger charge is 2.15. The van der Waals surface area contributed by atoms with Crippen molar-refractivity contribution in [3.8, 4) is 26.8 Å². The van der Waals surface area contributed by atoms with Crippen molar-refractivity contribution in [1.29, 1.82) is 0 Å². The molecule has 5 aromatic rings. The molecule has 5 rings (SSSR count). The molecule has 0 radical (unpaired) electrons. The van der Waals surface area contributed by atoms with Gasteiger partial charge in [0.15, 0.2) is 0 Å². The fourth-order valence-corrected chi connectivity index (χ4v) is 5.06. The average Bonchev–Trinajstić information content (AvgIpc) is 3.50. The van der Waals surface area contributed by atoms with Crippen molar-refractivity contribution in [2.45, 2.75) is 6.42 Å². The molecule has 0 aliphatic carbocycles. The van der Waals surface area contributed by atoms with Gasteiger partial charge in [-0.25, -0.2) is 0 Å². The Balaban J connectivity index is 1.53. The van der Waals surface area contributed by atoms with Crippen LogP contribution in [0.5, 0.6) is 0 Å². The van der Waals surface area contributed by atoms with Crippen LogP contribution in [-0.4, -0.2) is 4.57 Å². The number of rotatable bonds is 5. The van der Waals surface area contributed by atoms with Crippen LogP contribution in [-0.2, 0) is 6.42 Å². The van der Waals surface area contributed by atoms with E-state index in [0.29, 0.717) is 0 Å². The Morgan fingerprint density at radius 1 is 0.621 bits per heavy atom. The van der Waals surface area contributed by atoms with Crippen molar-refractivity contribution in [3.05, 3.63) is 107 Å². The topological polar surface area (TPSA) is 30.9 Å². The second kappa shape index (κ2) is 7.74. The molecule has 0 amide bonds. The molecule has 2 nitrogen and oxygen atoms in total.